The van der Waals surface area contributed by atoms with Crippen molar-refractivity contribution < 1.29 is 14.3 Å². The lowest BCUT2D eigenvalue weighted by Gasteiger charge is -2.13. The van der Waals surface area contributed by atoms with Crippen LogP contribution >= 0.6 is 12.2 Å². The molecule has 0 saturated heterocycles. The minimum atomic E-state index is -0.612. The van der Waals surface area contributed by atoms with E-state index < -0.39 is 6.04 Å². The molecule has 0 aromatic rings. The molecule has 0 bridgehead atoms. The normalized spacial score (nSPS) is 11.6. The van der Waals surface area contributed by atoms with Crippen LogP contribution in [0, 0.1) is 0 Å². The number of amides is 2. The van der Waals surface area contributed by atoms with Crippen LogP contribution in [0.5, 0.6) is 0 Å². The highest BCUT2D eigenvalue weighted by molar-refractivity contribution is 7.80. The van der Waals surface area contributed by atoms with Gasteiger partial charge in [0.2, 0.25) is 11.8 Å². The molecule has 0 aromatic heterocycles. The maximum atomic E-state index is 11.4. The number of methoxy groups -OCH3 is 1. The highest BCUT2D eigenvalue weighted by atomic mass is 32.1. The summed E-state index contributed by atoms with van der Waals surface area (Å²) < 4.78 is 4.77. The third-order valence-electron chi connectivity index (χ3n) is 1.71. The maximum absolute atomic E-state index is 11.4. The minimum Gasteiger partial charge on any atom is -0.393 e. The van der Waals surface area contributed by atoms with Gasteiger partial charge in [-0.1, -0.05) is 12.2 Å². The zero-order chi connectivity index (χ0) is 12.6. The van der Waals surface area contributed by atoms with Gasteiger partial charge >= 0.3 is 0 Å². The Morgan fingerprint density at radius 3 is 2.62 bits per heavy atom. The monoisotopic (exact) mass is 247 g/mol. The molecule has 16 heavy (non-hydrogen) atoms. The van der Waals surface area contributed by atoms with Crippen molar-refractivity contribution in [2.24, 2.45) is 5.73 Å². The van der Waals surface area contributed by atoms with E-state index in [0.717, 1.165) is 0 Å². The fourth-order valence-electron chi connectivity index (χ4n) is 0.946. The first-order valence-electron chi connectivity index (χ1n) is 4.81. The standard InChI is InChI=1S/C9H17N3O3S/c1-6(9(14)11-3-4-15-2)12-8(13)5-7(10)16/h6H,3-5H2,1-2H3,(H2,10,16)(H,11,14)(H,12,13). The van der Waals surface area contributed by atoms with Crippen molar-refractivity contribution in [1.29, 1.82) is 0 Å². The van der Waals surface area contributed by atoms with E-state index in [1.807, 2.05) is 0 Å². The lowest BCUT2D eigenvalue weighted by Crippen LogP contribution is -2.46. The van der Waals surface area contributed by atoms with E-state index in [-0.39, 0.29) is 23.2 Å². The Morgan fingerprint density at radius 1 is 1.50 bits per heavy atom. The number of hydrogen-bond acceptors (Lipinski definition) is 4. The summed E-state index contributed by atoms with van der Waals surface area (Å²) in [6, 6.07) is -0.612. The first kappa shape index (κ1) is 14.8. The maximum Gasteiger partial charge on any atom is 0.242 e. The number of nitrogens with one attached hydrogen (secondary N) is 2. The zero-order valence-electron chi connectivity index (χ0n) is 9.41. The van der Waals surface area contributed by atoms with Crippen LogP contribution in [0.1, 0.15) is 13.3 Å². The van der Waals surface area contributed by atoms with Gasteiger partial charge in [0.25, 0.3) is 0 Å². The highest BCUT2D eigenvalue weighted by Crippen LogP contribution is 1.86. The molecule has 0 fully saturated rings. The zero-order valence-corrected chi connectivity index (χ0v) is 10.2. The topological polar surface area (TPSA) is 93.5 Å². The van der Waals surface area contributed by atoms with Gasteiger partial charge in [-0.3, -0.25) is 9.59 Å². The molecule has 0 rings (SSSR count). The van der Waals surface area contributed by atoms with Crippen LogP contribution in [0.3, 0.4) is 0 Å². The third-order valence-corrected chi connectivity index (χ3v) is 1.86. The number of carbonyl (C=O) groups is 2. The van der Waals surface area contributed by atoms with E-state index in [1.165, 1.54) is 0 Å². The smallest absolute Gasteiger partial charge is 0.242 e. The Labute approximate surface area is 99.9 Å². The van der Waals surface area contributed by atoms with E-state index in [0.29, 0.717) is 13.2 Å². The van der Waals surface area contributed by atoms with Gasteiger partial charge in [-0.15, -0.1) is 0 Å². The molecule has 0 spiro atoms. The van der Waals surface area contributed by atoms with Crippen molar-refractivity contribution in [3.05, 3.63) is 0 Å². The van der Waals surface area contributed by atoms with Gasteiger partial charge in [0.05, 0.1) is 18.0 Å². The van der Waals surface area contributed by atoms with Crippen LogP contribution in [0.15, 0.2) is 0 Å². The number of hydrogen-bond donors (Lipinski definition) is 3. The molecule has 6 nitrogen and oxygen atoms in total. The van der Waals surface area contributed by atoms with Crippen LogP contribution in [-0.2, 0) is 14.3 Å². The molecular formula is C9H17N3O3S. The first-order chi connectivity index (χ1) is 7.47. The van der Waals surface area contributed by atoms with Crippen molar-refractivity contribution in [2.45, 2.75) is 19.4 Å². The number of thiocarbonyl (C=S) groups is 1. The van der Waals surface area contributed by atoms with Crippen LogP contribution in [0.25, 0.3) is 0 Å². The molecular weight excluding hydrogens is 230 g/mol. The van der Waals surface area contributed by atoms with Crippen molar-refractivity contribution in [1.82, 2.24) is 10.6 Å². The predicted molar refractivity (Wildman–Crippen MR) is 63.9 cm³/mol. The summed E-state index contributed by atoms with van der Waals surface area (Å²) in [5.74, 6) is -0.629. The van der Waals surface area contributed by atoms with E-state index >= 15 is 0 Å². The summed E-state index contributed by atoms with van der Waals surface area (Å²) in [5, 5.41) is 5.08. The van der Waals surface area contributed by atoms with Crippen molar-refractivity contribution in [3.63, 3.8) is 0 Å². The van der Waals surface area contributed by atoms with Crippen molar-refractivity contribution >= 4 is 29.0 Å². The summed E-state index contributed by atoms with van der Waals surface area (Å²) in [7, 11) is 1.54. The van der Waals surface area contributed by atoms with Crippen LogP contribution in [-0.4, -0.2) is 43.1 Å². The van der Waals surface area contributed by atoms with Gasteiger partial charge in [0.1, 0.15) is 6.04 Å². The van der Waals surface area contributed by atoms with E-state index in [2.05, 4.69) is 22.9 Å². The summed E-state index contributed by atoms with van der Waals surface area (Å²) in [6.07, 6.45) is -0.0506. The Balaban J connectivity index is 3.86. The molecule has 7 heteroatoms. The second-order valence-corrected chi connectivity index (χ2v) is 3.74. The fourth-order valence-corrected chi connectivity index (χ4v) is 1.08. The number of ether oxygens (including phenoxy) is 1. The average molecular weight is 247 g/mol. The van der Waals surface area contributed by atoms with E-state index in [4.69, 9.17) is 10.5 Å². The number of carbonyl (C=O) groups excluding carboxylic acids is 2. The molecule has 1 atom stereocenters. The SMILES string of the molecule is COCCNC(=O)C(C)NC(=O)CC(N)=S. The molecule has 92 valence electrons. The summed E-state index contributed by atoms with van der Waals surface area (Å²) in [4.78, 5) is 22.7. The fraction of sp³-hybridized carbons (Fsp3) is 0.667. The van der Waals surface area contributed by atoms with Crippen LogP contribution in [0.4, 0.5) is 0 Å². The second kappa shape index (κ2) is 8.00. The Bertz CT molecular complexity index is 271. The summed E-state index contributed by atoms with van der Waals surface area (Å²) >= 11 is 4.58. The van der Waals surface area contributed by atoms with Crippen LogP contribution in [0.2, 0.25) is 0 Å². The van der Waals surface area contributed by atoms with Gasteiger partial charge < -0.3 is 21.1 Å². The van der Waals surface area contributed by atoms with E-state index in [1.54, 1.807) is 14.0 Å². The first-order valence-corrected chi connectivity index (χ1v) is 5.22. The van der Waals surface area contributed by atoms with Crippen molar-refractivity contribution in [2.75, 3.05) is 20.3 Å². The molecule has 4 N–H and O–H groups in total. The largest absolute Gasteiger partial charge is 0.393 e. The second-order valence-electron chi connectivity index (χ2n) is 3.22. The van der Waals surface area contributed by atoms with Crippen molar-refractivity contribution in [3.8, 4) is 0 Å². The molecule has 0 heterocycles. The van der Waals surface area contributed by atoms with Gasteiger partial charge in [-0.05, 0) is 6.92 Å². The van der Waals surface area contributed by atoms with Gasteiger partial charge in [0.15, 0.2) is 0 Å². The Morgan fingerprint density at radius 2 is 2.12 bits per heavy atom. The molecule has 0 aromatic carbocycles. The van der Waals surface area contributed by atoms with Gasteiger partial charge in [-0.25, -0.2) is 0 Å². The third kappa shape index (κ3) is 7.13. The molecule has 0 aliphatic carbocycles. The lowest BCUT2D eigenvalue weighted by molar-refractivity contribution is -0.128. The summed E-state index contributed by atoms with van der Waals surface area (Å²) in [6.45, 7) is 2.42. The Kier molecular flexibility index (Phi) is 7.40. The summed E-state index contributed by atoms with van der Waals surface area (Å²) in [5.41, 5.74) is 5.20. The molecule has 0 aliphatic rings. The van der Waals surface area contributed by atoms with Crippen LogP contribution < -0.4 is 16.4 Å². The molecule has 0 aliphatic heterocycles. The van der Waals surface area contributed by atoms with Gasteiger partial charge in [-0.2, -0.15) is 0 Å². The Hall–Kier alpha value is -1.21. The van der Waals surface area contributed by atoms with Gasteiger partial charge in [0, 0.05) is 13.7 Å². The highest BCUT2D eigenvalue weighted by Gasteiger charge is 2.14. The molecule has 2 amide bonds. The number of rotatable bonds is 7. The quantitative estimate of drug-likeness (QED) is 0.393. The average Bonchev–Trinajstić information content (AvgIpc) is 2.16. The minimum absolute atomic E-state index is 0.0506. The molecule has 1 unspecified atom stereocenters. The number of nitrogens with two attached hydrogens (primary N) is 1. The molecule has 0 saturated carbocycles. The predicted octanol–water partition coefficient (Wildman–Crippen LogP) is -1.07. The molecule has 0 radical (unpaired) electrons. The lowest BCUT2D eigenvalue weighted by atomic mass is 10.3. The van der Waals surface area contributed by atoms with E-state index in [9.17, 15) is 9.59 Å².